The second-order valence-corrected chi connectivity index (χ2v) is 8.48. The minimum Gasteiger partial charge on any atom is -0.465 e. The minimum absolute atomic E-state index is 0.00840. The maximum Gasteiger partial charge on any atom is 0.331 e. The van der Waals surface area contributed by atoms with E-state index < -0.39 is 23.9 Å². The van der Waals surface area contributed by atoms with Crippen molar-refractivity contribution in [3.63, 3.8) is 0 Å². The second kappa shape index (κ2) is 12.0. The van der Waals surface area contributed by atoms with Gasteiger partial charge in [-0.2, -0.15) is 0 Å². The van der Waals surface area contributed by atoms with Gasteiger partial charge in [0, 0.05) is 13.1 Å². The molecule has 0 spiro atoms. The molecule has 0 bridgehead atoms. The van der Waals surface area contributed by atoms with Crippen molar-refractivity contribution in [3.8, 4) is 0 Å². The zero-order chi connectivity index (χ0) is 23.7. The molecule has 174 valence electrons. The average molecular weight is 445 g/mol. The number of imide groups is 1. The van der Waals surface area contributed by atoms with Gasteiger partial charge in [0.1, 0.15) is 5.70 Å². The van der Waals surface area contributed by atoms with Crippen LogP contribution in [0.15, 0.2) is 36.0 Å². The smallest absolute Gasteiger partial charge is 0.331 e. The highest BCUT2D eigenvalue weighted by Crippen LogP contribution is 2.24. The summed E-state index contributed by atoms with van der Waals surface area (Å²) in [5.74, 6) is -1.02. The van der Waals surface area contributed by atoms with E-state index >= 15 is 0 Å². The molecule has 2 rings (SSSR count). The van der Waals surface area contributed by atoms with Crippen LogP contribution in [0.2, 0.25) is 0 Å². The standard InChI is InChI=1S/C24H32N2O6/c1-17(2)15-31-21(27)10-12-25-20(14-19-8-6-5-7-9-19)23(29)26(24(25)30)13-11-22(28)32-16-18(3)4/h5-9,14,17-18H,10-13,15-16H2,1-4H3/b20-14+. The first kappa shape index (κ1) is 25.1. The zero-order valence-electron chi connectivity index (χ0n) is 19.2. The molecule has 0 saturated carbocycles. The molecular formula is C24H32N2O6. The molecule has 1 fully saturated rings. The van der Waals surface area contributed by atoms with Crippen LogP contribution < -0.4 is 0 Å². The van der Waals surface area contributed by atoms with E-state index in [0.29, 0.717) is 6.61 Å². The lowest BCUT2D eigenvalue weighted by molar-refractivity contribution is -0.145. The first-order valence-electron chi connectivity index (χ1n) is 10.9. The summed E-state index contributed by atoms with van der Waals surface area (Å²) in [7, 11) is 0. The molecule has 1 saturated heterocycles. The van der Waals surface area contributed by atoms with Gasteiger partial charge < -0.3 is 9.47 Å². The van der Waals surface area contributed by atoms with Gasteiger partial charge in [0.25, 0.3) is 5.91 Å². The topological polar surface area (TPSA) is 93.2 Å². The number of rotatable bonds is 11. The molecule has 8 heteroatoms. The number of esters is 2. The predicted molar refractivity (Wildman–Crippen MR) is 119 cm³/mol. The number of benzene rings is 1. The molecule has 1 aliphatic heterocycles. The predicted octanol–water partition coefficient (Wildman–Crippen LogP) is 3.47. The van der Waals surface area contributed by atoms with E-state index in [1.807, 2.05) is 58.0 Å². The van der Waals surface area contributed by atoms with Crippen LogP contribution >= 0.6 is 0 Å². The van der Waals surface area contributed by atoms with Gasteiger partial charge in [-0.15, -0.1) is 0 Å². The molecule has 0 aliphatic carbocycles. The number of urea groups is 1. The van der Waals surface area contributed by atoms with Crippen LogP contribution in [0.5, 0.6) is 0 Å². The first-order chi connectivity index (χ1) is 15.2. The summed E-state index contributed by atoms with van der Waals surface area (Å²) in [6, 6.07) is 8.55. The van der Waals surface area contributed by atoms with Crippen molar-refractivity contribution in [2.45, 2.75) is 40.5 Å². The van der Waals surface area contributed by atoms with Crippen LogP contribution in [0.1, 0.15) is 46.1 Å². The van der Waals surface area contributed by atoms with Crippen LogP contribution in [0.25, 0.3) is 6.08 Å². The summed E-state index contributed by atoms with van der Waals surface area (Å²) in [5.41, 5.74) is 0.905. The van der Waals surface area contributed by atoms with Gasteiger partial charge in [-0.1, -0.05) is 58.0 Å². The van der Waals surface area contributed by atoms with E-state index in [2.05, 4.69) is 0 Å². The number of nitrogens with zero attached hydrogens (tertiary/aromatic N) is 2. The fraction of sp³-hybridized carbons (Fsp3) is 0.500. The van der Waals surface area contributed by atoms with Gasteiger partial charge in [0.2, 0.25) is 0 Å². The summed E-state index contributed by atoms with van der Waals surface area (Å²) in [6.07, 6.45) is 1.48. The molecule has 0 N–H and O–H groups in total. The highest BCUT2D eigenvalue weighted by molar-refractivity contribution is 6.14. The highest BCUT2D eigenvalue weighted by Gasteiger charge is 2.41. The Morgan fingerprint density at radius 3 is 1.84 bits per heavy atom. The molecule has 1 aromatic rings. The third-order valence-corrected chi connectivity index (χ3v) is 4.55. The minimum atomic E-state index is -0.564. The maximum atomic E-state index is 13.0. The third-order valence-electron chi connectivity index (χ3n) is 4.55. The molecule has 0 radical (unpaired) electrons. The van der Waals surface area contributed by atoms with Crippen molar-refractivity contribution < 1.29 is 28.7 Å². The summed E-state index contributed by atoms with van der Waals surface area (Å²) >= 11 is 0. The summed E-state index contributed by atoms with van der Waals surface area (Å²) in [6.45, 7) is 8.20. The normalized spacial score (nSPS) is 15.2. The molecule has 1 aliphatic rings. The van der Waals surface area contributed by atoms with Gasteiger partial charge in [-0.3, -0.25) is 24.2 Å². The van der Waals surface area contributed by atoms with Crippen LogP contribution in [-0.2, 0) is 23.9 Å². The number of hydrogen-bond donors (Lipinski definition) is 0. The molecule has 0 atom stereocenters. The van der Waals surface area contributed by atoms with Crippen LogP contribution in [0.4, 0.5) is 4.79 Å². The number of amides is 3. The molecular weight excluding hydrogens is 412 g/mol. The quantitative estimate of drug-likeness (QED) is 0.295. The Hall–Kier alpha value is -3.16. The van der Waals surface area contributed by atoms with Crippen molar-refractivity contribution in [3.05, 3.63) is 41.6 Å². The fourth-order valence-corrected chi connectivity index (χ4v) is 2.92. The Morgan fingerprint density at radius 2 is 1.34 bits per heavy atom. The summed E-state index contributed by atoms with van der Waals surface area (Å²) in [5, 5.41) is 0. The SMILES string of the molecule is CC(C)COC(=O)CCN1C(=O)/C(=C\c2ccccc2)N(CCC(=O)OCC(C)C)C1=O. The van der Waals surface area contributed by atoms with E-state index in [9.17, 15) is 19.2 Å². The molecule has 0 aromatic heterocycles. The van der Waals surface area contributed by atoms with Gasteiger partial charge >= 0.3 is 18.0 Å². The Labute approximate surface area is 189 Å². The van der Waals surface area contributed by atoms with Crippen LogP contribution in [0, 0.1) is 11.8 Å². The Morgan fingerprint density at radius 1 is 0.844 bits per heavy atom. The van der Waals surface area contributed by atoms with Crippen LogP contribution in [0.3, 0.4) is 0 Å². The number of carbonyl (C=O) groups is 4. The van der Waals surface area contributed by atoms with E-state index in [0.717, 1.165) is 10.5 Å². The first-order valence-corrected chi connectivity index (χ1v) is 10.9. The van der Waals surface area contributed by atoms with E-state index in [4.69, 9.17) is 9.47 Å². The molecule has 8 nitrogen and oxygen atoms in total. The molecule has 32 heavy (non-hydrogen) atoms. The van der Waals surface area contributed by atoms with E-state index in [1.54, 1.807) is 6.08 Å². The van der Waals surface area contributed by atoms with Crippen molar-refractivity contribution in [1.29, 1.82) is 0 Å². The van der Waals surface area contributed by atoms with Crippen molar-refractivity contribution in [1.82, 2.24) is 9.80 Å². The molecule has 1 heterocycles. The molecule has 3 amide bonds. The molecule has 1 aromatic carbocycles. The highest BCUT2D eigenvalue weighted by atomic mass is 16.5. The number of ether oxygens (including phenoxy) is 2. The van der Waals surface area contributed by atoms with Gasteiger partial charge in [0.15, 0.2) is 0 Å². The number of hydrogen-bond acceptors (Lipinski definition) is 6. The lowest BCUT2D eigenvalue weighted by Crippen LogP contribution is -2.35. The van der Waals surface area contributed by atoms with Crippen molar-refractivity contribution in [2.24, 2.45) is 11.8 Å². The molecule has 0 unspecified atom stereocenters. The Balaban J connectivity index is 2.12. The van der Waals surface area contributed by atoms with E-state index in [1.165, 1.54) is 4.90 Å². The van der Waals surface area contributed by atoms with Gasteiger partial charge in [-0.05, 0) is 23.5 Å². The lowest BCUT2D eigenvalue weighted by atomic mass is 10.2. The third kappa shape index (κ3) is 7.51. The summed E-state index contributed by atoms with van der Waals surface area (Å²) < 4.78 is 10.3. The Kier molecular flexibility index (Phi) is 9.43. The van der Waals surface area contributed by atoms with Crippen molar-refractivity contribution in [2.75, 3.05) is 26.3 Å². The Bertz CT molecular complexity index is 847. The monoisotopic (exact) mass is 444 g/mol. The maximum absolute atomic E-state index is 13.0. The second-order valence-electron chi connectivity index (χ2n) is 8.48. The van der Waals surface area contributed by atoms with Crippen molar-refractivity contribution >= 4 is 30.0 Å². The van der Waals surface area contributed by atoms with Gasteiger partial charge in [0.05, 0.1) is 26.1 Å². The fourth-order valence-electron chi connectivity index (χ4n) is 2.92. The van der Waals surface area contributed by atoms with Gasteiger partial charge in [-0.25, -0.2) is 4.79 Å². The van der Waals surface area contributed by atoms with E-state index in [-0.39, 0.29) is 50.1 Å². The largest absolute Gasteiger partial charge is 0.465 e. The lowest BCUT2D eigenvalue weighted by Gasteiger charge is -2.17. The van der Waals surface area contributed by atoms with Crippen LogP contribution in [-0.4, -0.2) is 60.0 Å². The summed E-state index contributed by atoms with van der Waals surface area (Å²) in [4.78, 5) is 52.2. The zero-order valence-corrected chi connectivity index (χ0v) is 19.2. The average Bonchev–Trinajstić information content (AvgIpc) is 2.97. The number of carbonyl (C=O) groups excluding carboxylic acids is 4.